The third-order valence-corrected chi connectivity index (χ3v) is 6.27. The number of aryl methyl sites for hydroxylation is 1. The van der Waals surface area contributed by atoms with E-state index in [1.807, 2.05) is 24.3 Å². The summed E-state index contributed by atoms with van der Waals surface area (Å²) < 4.78 is 26.4. The molecule has 1 aliphatic heterocycles. The largest absolute Gasteiger partial charge is 0.326 e. The van der Waals surface area contributed by atoms with Crippen molar-refractivity contribution in [3.8, 4) is 0 Å². The summed E-state index contributed by atoms with van der Waals surface area (Å²) in [5.41, 5.74) is 2.67. The Bertz CT molecular complexity index is 1000. The number of nitrogens with zero attached hydrogens (tertiary/aromatic N) is 1. The van der Waals surface area contributed by atoms with Gasteiger partial charge in [0.1, 0.15) is 0 Å². The van der Waals surface area contributed by atoms with Gasteiger partial charge in [-0.3, -0.25) is 9.59 Å². The molecule has 1 aliphatic rings. The molecule has 1 heterocycles. The zero-order valence-electron chi connectivity index (χ0n) is 15.9. The quantitative estimate of drug-likeness (QED) is 0.776. The molecule has 2 N–H and O–H groups in total. The first-order chi connectivity index (χ1) is 13.3. The van der Waals surface area contributed by atoms with Crippen molar-refractivity contribution in [3.05, 3.63) is 53.6 Å². The zero-order chi connectivity index (χ0) is 20.3. The lowest BCUT2D eigenvalue weighted by Crippen LogP contribution is -2.23. The second-order valence-corrected chi connectivity index (χ2v) is 8.58. The second-order valence-electron chi connectivity index (χ2n) is 6.73. The summed E-state index contributed by atoms with van der Waals surface area (Å²) in [6, 6.07) is 12.1. The minimum atomic E-state index is -3.60. The Labute approximate surface area is 164 Å². The van der Waals surface area contributed by atoms with Crippen LogP contribution in [0.4, 0.5) is 11.4 Å². The molecule has 2 aromatic carbocycles. The highest BCUT2D eigenvalue weighted by Gasteiger charge is 2.21. The minimum Gasteiger partial charge on any atom is -0.326 e. The van der Waals surface area contributed by atoms with Gasteiger partial charge >= 0.3 is 0 Å². The summed E-state index contributed by atoms with van der Waals surface area (Å²) in [5.74, 6) is -0.126. The van der Waals surface area contributed by atoms with Crippen LogP contribution in [0.15, 0.2) is 47.4 Å². The van der Waals surface area contributed by atoms with Crippen LogP contribution in [0.25, 0.3) is 0 Å². The lowest BCUT2D eigenvalue weighted by Gasteiger charge is -2.16. The first-order valence-corrected chi connectivity index (χ1v) is 10.5. The Morgan fingerprint density at radius 3 is 2.46 bits per heavy atom. The van der Waals surface area contributed by atoms with E-state index in [-0.39, 0.29) is 23.1 Å². The number of rotatable bonds is 6. The molecule has 0 radical (unpaired) electrons. The molecule has 0 aliphatic carbocycles. The second kappa shape index (κ2) is 8.12. The van der Waals surface area contributed by atoms with Crippen LogP contribution < -0.4 is 14.9 Å². The fourth-order valence-corrected chi connectivity index (χ4v) is 4.18. The fourth-order valence-electron chi connectivity index (χ4n) is 3.18. The molecule has 0 saturated carbocycles. The Morgan fingerprint density at radius 1 is 1.14 bits per heavy atom. The molecule has 0 atom stereocenters. The molecule has 1 fully saturated rings. The number of nitrogens with one attached hydrogen (secondary N) is 2. The molecule has 1 saturated heterocycles. The van der Waals surface area contributed by atoms with Crippen molar-refractivity contribution in [3.63, 3.8) is 0 Å². The predicted molar refractivity (Wildman–Crippen MR) is 108 cm³/mol. The zero-order valence-corrected chi connectivity index (χ0v) is 16.7. The number of carbonyl (C=O) groups is 2. The van der Waals surface area contributed by atoms with E-state index >= 15 is 0 Å². The summed E-state index contributed by atoms with van der Waals surface area (Å²) in [7, 11) is -2.25. The molecule has 2 amide bonds. The minimum absolute atomic E-state index is 0.122. The Hall–Kier alpha value is -2.71. The molecule has 28 heavy (non-hydrogen) atoms. The molecular formula is C20H23N3O4S. The number of sulfonamides is 1. The summed E-state index contributed by atoms with van der Waals surface area (Å²) in [6.45, 7) is 2.42. The molecule has 7 nitrogen and oxygen atoms in total. The first kappa shape index (κ1) is 20.0. The van der Waals surface area contributed by atoms with Crippen molar-refractivity contribution in [1.29, 1.82) is 0 Å². The van der Waals surface area contributed by atoms with Crippen LogP contribution in [0.5, 0.6) is 0 Å². The summed E-state index contributed by atoms with van der Waals surface area (Å²) in [6.07, 6.45) is 1.59. The van der Waals surface area contributed by atoms with Gasteiger partial charge in [-0.2, -0.15) is 0 Å². The van der Waals surface area contributed by atoms with Crippen LogP contribution in [0, 0.1) is 6.92 Å². The van der Waals surface area contributed by atoms with Crippen molar-refractivity contribution >= 4 is 33.2 Å². The normalized spacial score (nSPS) is 14.4. The molecule has 0 aromatic heterocycles. The van der Waals surface area contributed by atoms with Crippen LogP contribution in [0.3, 0.4) is 0 Å². The SMILES string of the molecule is CNS(=O)(=O)c1cc(NC(=O)Cc2ccc(N3CCCC3=O)cc2)ccc1C. The van der Waals surface area contributed by atoms with E-state index in [2.05, 4.69) is 10.0 Å². The van der Waals surface area contributed by atoms with E-state index in [1.54, 1.807) is 24.0 Å². The molecule has 3 rings (SSSR count). The topological polar surface area (TPSA) is 95.6 Å². The maximum Gasteiger partial charge on any atom is 0.240 e. The highest BCUT2D eigenvalue weighted by Crippen LogP contribution is 2.22. The molecule has 8 heteroatoms. The predicted octanol–water partition coefficient (Wildman–Crippen LogP) is 2.21. The number of hydrogen-bond acceptors (Lipinski definition) is 4. The van der Waals surface area contributed by atoms with Crippen LogP contribution in [0.2, 0.25) is 0 Å². The van der Waals surface area contributed by atoms with Crippen LogP contribution in [-0.2, 0) is 26.0 Å². The van der Waals surface area contributed by atoms with Gasteiger partial charge in [-0.1, -0.05) is 18.2 Å². The van der Waals surface area contributed by atoms with Crippen molar-refractivity contribution in [2.24, 2.45) is 0 Å². The fraction of sp³-hybridized carbons (Fsp3) is 0.300. The van der Waals surface area contributed by atoms with Gasteiger partial charge in [0.2, 0.25) is 21.8 Å². The van der Waals surface area contributed by atoms with Gasteiger partial charge < -0.3 is 10.2 Å². The maximum absolute atomic E-state index is 12.3. The summed E-state index contributed by atoms with van der Waals surface area (Å²) in [5, 5.41) is 2.74. The van der Waals surface area contributed by atoms with E-state index in [0.29, 0.717) is 17.7 Å². The van der Waals surface area contributed by atoms with E-state index < -0.39 is 10.0 Å². The van der Waals surface area contributed by atoms with E-state index in [9.17, 15) is 18.0 Å². The third kappa shape index (κ3) is 4.40. The standard InChI is InChI=1S/C20H23N3O4S/c1-14-5-8-16(13-18(14)28(26,27)21-2)22-19(24)12-15-6-9-17(10-7-15)23-11-3-4-20(23)25/h5-10,13,21H,3-4,11-12H2,1-2H3,(H,22,24). The van der Waals surface area contributed by atoms with Crippen molar-refractivity contribution in [2.75, 3.05) is 23.8 Å². The average Bonchev–Trinajstić information content (AvgIpc) is 3.09. The number of hydrogen-bond donors (Lipinski definition) is 2. The molecule has 148 valence electrons. The molecule has 2 aromatic rings. The molecule has 0 bridgehead atoms. The van der Waals surface area contributed by atoms with Gasteiger partial charge in [0.05, 0.1) is 11.3 Å². The van der Waals surface area contributed by atoms with E-state index in [1.165, 1.54) is 13.1 Å². The van der Waals surface area contributed by atoms with Crippen molar-refractivity contribution < 1.29 is 18.0 Å². The molecule has 0 spiro atoms. The van der Waals surface area contributed by atoms with Gasteiger partial charge in [0, 0.05) is 24.3 Å². The maximum atomic E-state index is 12.3. The number of benzene rings is 2. The van der Waals surface area contributed by atoms with E-state index in [0.717, 1.165) is 24.2 Å². The Kier molecular flexibility index (Phi) is 5.81. The van der Waals surface area contributed by atoms with Gasteiger partial charge in [0.15, 0.2) is 0 Å². The number of amides is 2. The van der Waals surface area contributed by atoms with E-state index in [4.69, 9.17) is 0 Å². The lowest BCUT2D eigenvalue weighted by molar-refractivity contribution is -0.117. The monoisotopic (exact) mass is 401 g/mol. The highest BCUT2D eigenvalue weighted by atomic mass is 32.2. The van der Waals surface area contributed by atoms with Crippen LogP contribution in [0.1, 0.15) is 24.0 Å². The average molecular weight is 401 g/mol. The smallest absolute Gasteiger partial charge is 0.240 e. The Morgan fingerprint density at radius 2 is 1.86 bits per heavy atom. The summed E-state index contributed by atoms with van der Waals surface area (Å²) in [4.78, 5) is 26.0. The molecular weight excluding hydrogens is 378 g/mol. The van der Waals surface area contributed by atoms with Gasteiger partial charge in [-0.05, 0) is 55.8 Å². The summed E-state index contributed by atoms with van der Waals surface area (Å²) >= 11 is 0. The van der Waals surface area contributed by atoms with Gasteiger partial charge in [-0.25, -0.2) is 13.1 Å². The first-order valence-electron chi connectivity index (χ1n) is 9.03. The van der Waals surface area contributed by atoms with Crippen LogP contribution in [-0.4, -0.2) is 33.8 Å². The third-order valence-electron chi connectivity index (χ3n) is 4.72. The number of carbonyl (C=O) groups excluding carboxylic acids is 2. The number of anilines is 2. The lowest BCUT2D eigenvalue weighted by atomic mass is 10.1. The van der Waals surface area contributed by atoms with Gasteiger partial charge in [0.25, 0.3) is 0 Å². The van der Waals surface area contributed by atoms with Crippen molar-refractivity contribution in [1.82, 2.24) is 4.72 Å². The highest BCUT2D eigenvalue weighted by molar-refractivity contribution is 7.89. The van der Waals surface area contributed by atoms with Crippen LogP contribution >= 0.6 is 0 Å². The molecule has 0 unspecified atom stereocenters. The Balaban J connectivity index is 1.67. The van der Waals surface area contributed by atoms with Crippen molar-refractivity contribution in [2.45, 2.75) is 31.1 Å². The van der Waals surface area contributed by atoms with Gasteiger partial charge in [-0.15, -0.1) is 0 Å².